The zero-order chi connectivity index (χ0) is 17.1. The lowest BCUT2D eigenvalue weighted by Crippen LogP contribution is -2.08. The first-order valence-electron chi connectivity index (χ1n) is 7.66. The van der Waals surface area contributed by atoms with Crippen LogP contribution in [0.1, 0.15) is 37.3 Å². The molecule has 23 heavy (non-hydrogen) atoms. The zero-order valence-electron chi connectivity index (χ0n) is 14.3. The van der Waals surface area contributed by atoms with Crippen molar-refractivity contribution in [3.05, 3.63) is 50.8 Å². The third-order valence-electron chi connectivity index (χ3n) is 3.97. The second-order valence-electron chi connectivity index (χ2n) is 5.96. The molecular weight excluding hydrogens is 308 g/mol. The van der Waals surface area contributed by atoms with Crippen LogP contribution in [0.15, 0.2) is 34.1 Å². The van der Waals surface area contributed by atoms with E-state index in [9.17, 15) is 4.79 Å². The average molecular weight is 332 g/mol. The molecule has 1 heterocycles. The van der Waals surface area contributed by atoms with Gasteiger partial charge in [-0.25, -0.2) is 0 Å². The Morgan fingerprint density at radius 2 is 2.04 bits per heavy atom. The van der Waals surface area contributed by atoms with Crippen LogP contribution < -0.4 is 15.9 Å². The number of rotatable bonds is 5. The fraction of sp³-hybridized carbons (Fsp3) is 0.389. The van der Waals surface area contributed by atoms with Gasteiger partial charge in [0.15, 0.2) is 5.43 Å². The SMILES string of the molecule is COc1ccc2c(=O)cc(C(C)S/C=C(\N)C(C)C)[nH]c2c1C. The Labute approximate surface area is 141 Å². The minimum atomic E-state index is 0.0211. The Morgan fingerprint density at radius 3 is 2.65 bits per heavy atom. The van der Waals surface area contributed by atoms with Crippen LogP contribution in [0.4, 0.5) is 0 Å². The highest BCUT2D eigenvalue weighted by molar-refractivity contribution is 8.02. The molecule has 1 aromatic heterocycles. The maximum Gasteiger partial charge on any atom is 0.189 e. The van der Waals surface area contributed by atoms with Gasteiger partial charge in [-0.15, -0.1) is 11.8 Å². The fourth-order valence-electron chi connectivity index (χ4n) is 2.29. The molecule has 1 aromatic carbocycles. The number of aryl methyl sites for hydroxylation is 1. The molecule has 0 amide bonds. The van der Waals surface area contributed by atoms with Crippen LogP contribution in [0.3, 0.4) is 0 Å². The number of allylic oxidation sites excluding steroid dienone is 1. The number of methoxy groups -OCH3 is 1. The Balaban J connectivity index is 2.44. The van der Waals surface area contributed by atoms with E-state index in [4.69, 9.17) is 10.5 Å². The Hall–Kier alpha value is -1.88. The van der Waals surface area contributed by atoms with E-state index in [1.165, 1.54) is 0 Å². The van der Waals surface area contributed by atoms with Gasteiger partial charge in [0.2, 0.25) is 0 Å². The molecule has 124 valence electrons. The van der Waals surface area contributed by atoms with Gasteiger partial charge in [0, 0.05) is 33.7 Å². The minimum Gasteiger partial charge on any atom is -0.496 e. The average Bonchev–Trinajstić information content (AvgIpc) is 2.52. The zero-order valence-corrected chi connectivity index (χ0v) is 15.1. The molecule has 0 aliphatic rings. The van der Waals surface area contributed by atoms with Crippen molar-refractivity contribution in [3.63, 3.8) is 0 Å². The van der Waals surface area contributed by atoms with E-state index in [0.717, 1.165) is 28.2 Å². The quantitative estimate of drug-likeness (QED) is 0.865. The van der Waals surface area contributed by atoms with Crippen molar-refractivity contribution >= 4 is 22.7 Å². The monoisotopic (exact) mass is 332 g/mol. The largest absolute Gasteiger partial charge is 0.496 e. The highest BCUT2D eigenvalue weighted by Crippen LogP contribution is 2.31. The van der Waals surface area contributed by atoms with E-state index in [1.54, 1.807) is 31.0 Å². The van der Waals surface area contributed by atoms with E-state index in [2.05, 4.69) is 25.8 Å². The molecule has 0 bridgehead atoms. The summed E-state index contributed by atoms with van der Waals surface area (Å²) in [6.07, 6.45) is 0. The molecule has 1 atom stereocenters. The van der Waals surface area contributed by atoms with Gasteiger partial charge in [-0.2, -0.15) is 0 Å². The van der Waals surface area contributed by atoms with Gasteiger partial charge in [0.25, 0.3) is 0 Å². The third-order valence-corrected chi connectivity index (χ3v) is 5.04. The molecule has 0 saturated carbocycles. The summed E-state index contributed by atoms with van der Waals surface area (Å²) in [7, 11) is 1.63. The van der Waals surface area contributed by atoms with E-state index in [0.29, 0.717) is 11.3 Å². The van der Waals surface area contributed by atoms with Crippen molar-refractivity contribution in [2.24, 2.45) is 11.7 Å². The first kappa shape index (κ1) is 17.5. The highest BCUT2D eigenvalue weighted by atomic mass is 32.2. The summed E-state index contributed by atoms with van der Waals surface area (Å²) in [5.74, 6) is 1.09. The number of aromatic amines is 1. The van der Waals surface area contributed by atoms with Gasteiger partial charge in [-0.3, -0.25) is 4.79 Å². The number of hydrogen-bond acceptors (Lipinski definition) is 4. The molecule has 3 N–H and O–H groups in total. The first-order valence-corrected chi connectivity index (χ1v) is 8.61. The summed E-state index contributed by atoms with van der Waals surface area (Å²) in [6, 6.07) is 5.31. The molecule has 2 rings (SSSR count). The van der Waals surface area contributed by atoms with Gasteiger partial charge in [0.05, 0.1) is 12.6 Å². The van der Waals surface area contributed by atoms with Crippen molar-refractivity contribution in [1.82, 2.24) is 4.98 Å². The number of thioether (sulfide) groups is 1. The van der Waals surface area contributed by atoms with Crippen LogP contribution in [-0.2, 0) is 0 Å². The molecule has 0 radical (unpaired) electrons. The summed E-state index contributed by atoms with van der Waals surface area (Å²) in [5.41, 5.74) is 9.51. The van der Waals surface area contributed by atoms with E-state index < -0.39 is 0 Å². The number of nitrogens with two attached hydrogens (primary N) is 1. The maximum absolute atomic E-state index is 12.4. The molecule has 2 aromatic rings. The van der Waals surface area contributed by atoms with Crippen LogP contribution >= 0.6 is 11.8 Å². The third kappa shape index (κ3) is 3.72. The minimum absolute atomic E-state index is 0.0211. The van der Waals surface area contributed by atoms with Crippen molar-refractivity contribution < 1.29 is 4.74 Å². The van der Waals surface area contributed by atoms with Gasteiger partial charge in [0.1, 0.15) is 5.75 Å². The summed E-state index contributed by atoms with van der Waals surface area (Å²) >= 11 is 1.61. The summed E-state index contributed by atoms with van der Waals surface area (Å²) in [4.78, 5) is 15.8. The van der Waals surface area contributed by atoms with Crippen molar-refractivity contribution in [2.45, 2.75) is 32.9 Å². The number of aromatic nitrogens is 1. The fourth-order valence-corrected chi connectivity index (χ4v) is 3.20. The topological polar surface area (TPSA) is 68.1 Å². The number of benzene rings is 1. The predicted molar refractivity (Wildman–Crippen MR) is 99.0 cm³/mol. The normalized spacial score (nSPS) is 13.6. The highest BCUT2D eigenvalue weighted by Gasteiger charge is 2.12. The lowest BCUT2D eigenvalue weighted by molar-refractivity contribution is 0.412. The molecule has 0 saturated heterocycles. The van der Waals surface area contributed by atoms with Gasteiger partial charge < -0.3 is 15.5 Å². The smallest absolute Gasteiger partial charge is 0.189 e. The maximum atomic E-state index is 12.4. The Morgan fingerprint density at radius 1 is 1.35 bits per heavy atom. The van der Waals surface area contributed by atoms with Crippen molar-refractivity contribution in [2.75, 3.05) is 7.11 Å². The van der Waals surface area contributed by atoms with Gasteiger partial charge in [-0.1, -0.05) is 13.8 Å². The van der Waals surface area contributed by atoms with E-state index >= 15 is 0 Å². The van der Waals surface area contributed by atoms with Crippen LogP contribution in [0.2, 0.25) is 0 Å². The molecule has 0 spiro atoms. The number of H-pyrrole nitrogens is 1. The molecule has 0 fully saturated rings. The van der Waals surface area contributed by atoms with Crippen molar-refractivity contribution in [3.8, 4) is 5.75 Å². The standard InChI is InChI=1S/C18H24N2O2S/c1-10(2)14(19)9-23-12(4)15-8-16(21)13-6-7-17(22-5)11(3)18(13)20-15/h6-10,12H,19H2,1-5H3,(H,20,21)/b14-9-. The lowest BCUT2D eigenvalue weighted by Gasteiger charge is -2.14. The van der Waals surface area contributed by atoms with Crippen LogP contribution in [0.5, 0.6) is 5.75 Å². The predicted octanol–water partition coefficient (Wildman–Crippen LogP) is 4.10. The molecule has 4 nitrogen and oxygen atoms in total. The molecule has 0 aliphatic heterocycles. The number of nitrogens with one attached hydrogen (secondary N) is 1. The van der Waals surface area contributed by atoms with Gasteiger partial charge >= 0.3 is 0 Å². The van der Waals surface area contributed by atoms with E-state index in [-0.39, 0.29) is 10.7 Å². The summed E-state index contributed by atoms with van der Waals surface area (Å²) < 4.78 is 5.35. The number of fused-ring (bicyclic) bond motifs is 1. The number of ether oxygens (including phenoxy) is 1. The van der Waals surface area contributed by atoms with Crippen LogP contribution in [-0.4, -0.2) is 12.1 Å². The van der Waals surface area contributed by atoms with Crippen LogP contribution in [0, 0.1) is 12.8 Å². The summed E-state index contributed by atoms with van der Waals surface area (Å²) in [5, 5.41) is 2.76. The molecule has 1 unspecified atom stereocenters. The second-order valence-corrected chi connectivity index (χ2v) is 7.17. The molecule has 0 aliphatic carbocycles. The second kappa shape index (κ2) is 7.13. The first-order chi connectivity index (χ1) is 10.8. The Bertz CT molecular complexity index is 793. The molecular formula is C18H24N2O2S. The summed E-state index contributed by atoms with van der Waals surface area (Å²) in [6.45, 7) is 8.13. The molecule has 5 heteroatoms. The Kier molecular flexibility index (Phi) is 5.42. The van der Waals surface area contributed by atoms with Crippen molar-refractivity contribution in [1.29, 1.82) is 0 Å². The number of pyridine rings is 1. The van der Waals surface area contributed by atoms with Gasteiger partial charge in [-0.05, 0) is 37.3 Å². The lowest BCUT2D eigenvalue weighted by atomic mass is 10.1. The number of hydrogen-bond donors (Lipinski definition) is 2. The van der Waals surface area contributed by atoms with Crippen LogP contribution in [0.25, 0.3) is 10.9 Å². The van der Waals surface area contributed by atoms with E-state index in [1.807, 2.05) is 18.4 Å².